The average Bonchev–Trinajstić information content (AvgIpc) is 3.32. The first-order valence-corrected chi connectivity index (χ1v) is 9.12. The molecule has 8 heteroatoms. The van der Waals surface area contributed by atoms with Crippen LogP contribution in [0.3, 0.4) is 0 Å². The highest BCUT2D eigenvalue weighted by Gasteiger charge is 2.18. The first kappa shape index (κ1) is 16.9. The number of thiophene rings is 1. The summed E-state index contributed by atoms with van der Waals surface area (Å²) < 4.78 is 20.5. The molecule has 0 saturated carbocycles. The van der Waals surface area contributed by atoms with Crippen molar-refractivity contribution in [2.75, 3.05) is 7.05 Å². The minimum atomic E-state index is -0.269. The first-order valence-electron chi connectivity index (χ1n) is 8.30. The number of nitrogens with zero attached hydrogens (tertiary/aromatic N) is 4. The summed E-state index contributed by atoms with van der Waals surface area (Å²) in [5.41, 5.74) is 1.71. The van der Waals surface area contributed by atoms with Crippen LogP contribution in [0.5, 0.6) is 0 Å². The topological polar surface area (TPSA) is 68.8 Å². The Balaban J connectivity index is 1.72. The largest absolute Gasteiger partial charge is 0.333 e. The molecule has 0 saturated heterocycles. The summed E-state index contributed by atoms with van der Waals surface area (Å²) in [7, 11) is 1.90. The van der Waals surface area contributed by atoms with E-state index < -0.39 is 0 Å². The molecular weight excluding hydrogens is 353 g/mol. The highest BCUT2D eigenvalue weighted by Crippen LogP contribution is 2.35. The van der Waals surface area contributed by atoms with E-state index in [1.807, 2.05) is 24.7 Å². The molecule has 4 rings (SSSR count). The summed E-state index contributed by atoms with van der Waals surface area (Å²) in [6.45, 7) is 4.02. The minimum absolute atomic E-state index is 0.269. The number of nitrogens with one attached hydrogen (secondary N) is 1. The molecular formula is C18H18FN5OS. The molecule has 0 aliphatic heterocycles. The molecule has 4 aromatic rings. The van der Waals surface area contributed by atoms with Crippen LogP contribution in [0.15, 0.2) is 34.9 Å². The SMILES string of the molecule is CNC(C)Cc1noc(-c2cc3c(C)nn(-c4ccc(F)cc4)c3s2)n1. The summed E-state index contributed by atoms with van der Waals surface area (Å²) >= 11 is 1.53. The molecule has 0 spiro atoms. The fraction of sp³-hybridized carbons (Fsp3) is 0.278. The van der Waals surface area contributed by atoms with Gasteiger partial charge in [-0.25, -0.2) is 9.07 Å². The van der Waals surface area contributed by atoms with Crippen LogP contribution in [0.2, 0.25) is 0 Å². The Morgan fingerprint density at radius 1 is 1.31 bits per heavy atom. The van der Waals surface area contributed by atoms with Crippen molar-refractivity contribution in [1.29, 1.82) is 0 Å². The van der Waals surface area contributed by atoms with Gasteiger partial charge in [0.2, 0.25) is 0 Å². The number of rotatable bonds is 5. The van der Waals surface area contributed by atoms with Crippen molar-refractivity contribution in [2.24, 2.45) is 0 Å². The van der Waals surface area contributed by atoms with Crippen LogP contribution < -0.4 is 5.32 Å². The van der Waals surface area contributed by atoms with Crippen molar-refractivity contribution in [3.05, 3.63) is 47.7 Å². The Morgan fingerprint density at radius 3 is 2.81 bits per heavy atom. The lowest BCUT2D eigenvalue weighted by molar-refractivity contribution is 0.419. The summed E-state index contributed by atoms with van der Waals surface area (Å²) in [4.78, 5) is 6.36. The van der Waals surface area contributed by atoms with Gasteiger partial charge in [0.05, 0.1) is 16.3 Å². The van der Waals surface area contributed by atoms with Crippen molar-refractivity contribution in [3.8, 4) is 16.5 Å². The monoisotopic (exact) mass is 371 g/mol. The predicted molar refractivity (Wildman–Crippen MR) is 99.2 cm³/mol. The number of likely N-dealkylation sites (N-methyl/N-ethyl adjacent to an activating group) is 1. The maximum atomic E-state index is 13.2. The molecule has 0 fully saturated rings. The van der Waals surface area contributed by atoms with Gasteiger partial charge in [0, 0.05) is 17.8 Å². The molecule has 0 aliphatic carbocycles. The normalized spacial score (nSPS) is 12.8. The predicted octanol–water partition coefficient (Wildman–Crippen LogP) is 3.73. The molecule has 3 heterocycles. The Bertz CT molecular complexity index is 1050. The number of aromatic nitrogens is 4. The Labute approximate surface area is 153 Å². The van der Waals surface area contributed by atoms with Crippen molar-refractivity contribution >= 4 is 21.6 Å². The van der Waals surface area contributed by atoms with Gasteiger partial charge < -0.3 is 9.84 Å². The van der Waals surface area contributed by atoms with E-state index in [1.54, 1.807) is 12.1 Å². The Morgan fingerprint density at radius 2 is 2.08 bits per heavy atom. The van der Waals surface area contributed by atoms with E-state index in [4.69, 9.17) is 4.52 Å². The second kappa shape index (κ2) is 6.62. The lowest BCUT2D eigenvalue weighted by atomic mass is 10.2. The third kappa shape index (κ3) is 3.02. The molecule has 134 valence electrons. The molecule has 26 heavy (non-hydrogen) atoms. The van der Waals surface area contributed by atoms with Gasteiger partial charge in [0.25, 0.3) is 5.89 Å². The number of halogens is 1. The molecule has 1 N–H and O–H groups in total. The van der Waals surface area contributed by atoms with Crippen LogP contribution in [0.1, 0.15) is 18.4 Å². The van der Waals surface area contributed by atoms with Crippen LogP contribution in [0.4, 0.5) is 4.39 Å². The first-order chi connectivity index (χ1) is 12.5. The zero-order valence-electron chi connectivity index (χ0n) is 14.7. The van der Waals surface area contributed by atoms with Gasteiger partial charge >= 0.3 is 0 Å². The Hall–Kier alpha value is -2.58. The van der Waals surface area contributed by atoms with E-state index in [-0.39, 0.29) is 11.9 Å². The van der Waals surface area contributed by atoms with Crippen LogP contribution >= 0.6 is 11.3 Å². The fourth-order valence-corrected chi connectivity index (χ4v) is 3.83. The second-order valence-electron chi connectivity index (χ2n) is 6.21. The number of hydrogen-bond acceptors (Lipinski definition) is 6. The van der Waals surface area contributed by atoms with Gasteiger partial charge in [-0.05, 0) is 51.2 Å². The average molecular weight is 371 g/mol. The van der Waals surface area contributed by atoms with Gasteiger partial charge in [-0.2, -0.15) is 10.1 Å². The van der Waals surface area contributed by atoms with E-state index in [1.165, 1.54) is 23.5 Å². The van der Waals surface area contributed by atoms with E-state index in [9.17, 15) is 4.39 Å². The van der Waals surface area contributed by atoms with Gasteiger partial charge in [-0.3, -0.25) is 0 Å². The highest BCUT2D eigenvalue weighted by atomic mass is 32.1. The Kier molecular flexibility index (Phi) is 4.29. The van der Waals surface area contributed by atoms with E-state index in [0.717, 1.165) is 26.5 Å². The molecule has 0 amide bonds. The van der Waals surface area contributed by atoms with Crippen molar-refractivity contribution in [3.63, 3.8) is 0 Å². The smallest absolute Gasteiger partial charge is 0.268 e. The van der Waals surface area contributed by atoms with E-state index in [2.05, 4.69) is 27.5 Å². The number of fused-ring (bicyclic) bond motifs is 1. The third-order valence-electron chi connectivity index (χ3n) is 4.28. The quantitative estimate of drug-likeness (QED) is 0.579. The third-order valence-corrected chi connectivity index (χ3v) is 5.37. The minimum Gasteiger partial charge on any atom is -0.333 e. The zero-order valence-corrected chi connectivity index (χ0v) is 15.5. The lowest BCUT2D eigenvalue weighted by Gasteiger charge is -2.04. The second-order valence-corrected chi connectivity index (χ2v) is 7.24. The van der Waals surface area contributed by atoms with Gasteiger partial charge in [-0.15, -0.1) is 11.3 Å². The van der Waals surface area contributed by atoms with Gasteiger partial charge in [0.1, 0.15) is 10.6 Å². The number of benzene rings is 1. The molecule has 0 aliphatic rings. The summed E-state index contributed by atoms with van der Waals surface area (Å²) in [5.74, 6) is 0.917. The molecule has 1 unspecified atom stereocenters. The molecule has 1 atom stereocenters. The molecule has 0 radical (unpaired) electrons. The maximum Gasteiger partial charge on any atom is 0.268 e. The van der Waals surface area contributed by atoms with Crippen molar-refractivity contribution < 1.29 is 8.91 Å². The molecule has 3 aromatic heterocycles. The standard InChI is InChI=1S/C18H18FN5OS/c1-10(20-3)8-16-21-17(25-23-16)15-9-14-11(2)22-24(18(14)26-15)13-6-4-12(19)5-7-13/h4-7,9-10,20H,8H2,1-3H3. The zero-order chi connectivity index (χ0) is 18.3. The molecule has 1 aromatic carbocycles. The van der Waals surface area contributed by atoms with Crippen molar-refractivity contribution in [2.45, 2.75) is 26.3 Å². The van der Waals surface area contributed by atoms with Crippen LogP contribution in [-0.4, -0.2) is 33.0 Å². The highest BCUT2D eigenvalue weighted by molar-refractivity contribution is 7.21. The van der Waals surface area contributed by atoms with Crippen LogP contribution in [0, 0.1) is 12.7 Å². The van der Waals surface area contributed by atoms with Crippen molar-refractivity contribution in [1.82, 2.24) is 25.2 Å². The van der Waals surface area contributed by atoms with Gasteiger partial charge in [-0.1, -0.05) is 5.16 Å². The molecule has 6 nitrogen and oxygen atoms in total. The van der Waals surface area contributed by atoms with Crippen LogP contribution in [0.25, 0.3) is 26.7 Å². The maximum absolute atomic E-state index is 13.2. The van der Waals surface area contributed by atoms with E-state index >= 15 is 0 Å². The molecule has 0 bridgehead atoms. The number of aryl methyl sites for hydroxylation is 1. The van der Waals surface area contributed by atoms with E-state index in [0.29, 0.717) is 18.1 Å². The van der Waals surface area contributed by atoms with Crippen LogP contribution in [-0.2, 0) is 6.42 Å². The number of hydrogen-bond donors (Lipinski definition) is 1. The van der Waals surface area contributed by atoms with Gasteiger partial charge in [0.15, 0.2) is 5.82 Å². The summed E-state index contributed by atoms with van der Waals surface area (Å²) in [5, 5.41) is 12.8. The fourth-order valence-electron chi connectivity index (χ4n) is 2.72. The summed E-state index contributed by atoms with van der Waals surface area (Å²) in [6.07, 6.45) is 0.702. The summed E-state index contributed by atoms with van der Waals surface area (Å²) in [6, 6.07) is 8.58. The lowest BCUT2D eigenvalue weighted by Crippen LogP contribution is -2.24.